The lowest BCUT2D eigenvalue weighted by molar-refractivity contribution is 0.0518. The highest BCUT2D eigenvalue weighted by atomic mass is 16.6. The van der Waals surface area contributed by atoms with Crippen molar-refractivity contribution >= 4 is 6.09 Å². The molecule has 0 aliphatic carbocycles. The molecule has 3 N–H and O–H groups in total. The van der Waals surface area contributed by atoms with E-state index in [1.165, 1.54) is 0 Å². The maximum absolute atomic E-state index is 11.8. The molecule has 0 aromatic rings. The predicted octanol–water partition coefficient (Wildman–Crippen LogP) is 2.92. The van der Waals surface area contributed by atoms with Gasteiger partial charge in [0, 0.05) is 31.2 Å². The fourth-order valence-corrected chi connectivity index (χ4v) is 2.01. The van der Waals surface area contributed by atoms with Crippen molar-refractivity contribution < 1.29 is 14.6 Å². The highest BCUT2D eigenvalue weighted by Crippen LogP contribution is 2.19. The quantitative estimate of drug-likeness (QED) is 0.612. The smallest absolute Gasteiger partial charge is 0.407 e. The maximum atomic E-state index is 11.8. The van der Waals surface area contributed by atoms with Crippen LogP contribution in [-0.4, -0.2) is 42.5 Å². The van der Waals surface area contributed by atoms with Crippen LogP contribution in [0.5, 0.6) is 0 Å². The van der Waals surface area contributed by atoms with Crippen LogP contribution in [-0.2, 0) is 4.74 Å². The van der Waals surface area contributed by atoms with Crippen LogP contribution >= 0.6 is 0 Å². The van der Waals surface area contributed by atoms with E-state index in [9.17, 15) is 9.90 Å². The molecule has 1 amide bonds. The highest BCUT2D eigenvalue weighted by molar-refractivity contribution is 5.67. The SMILES string of the molecule is CCC(C)(CO)CNC(CNC(=O)OC(C)(C)C)CC(C)C. The fourth-order valence-electron chi connectivity index (χ4n) is 2.01. The summed E-state index contributed by atoms with van der Waals surface area (Å²) in [4.78, 5) is 11.8. The number of aliphatic hydroxyl groups excluding tert-OH is 1. The van der Waals surface area contributed by atoms with Gasteiger partial charge in [-0.3, -0.25) is 0 Å². The molecule has 2 atom stereocenters. The summed E-state index contributed by atoms with van der Waals surface area (Å²) in [6.07, 6.45) is 1.48. The Balaban J connectivity index is 4.43. The van der Waals surface area contributed by atoms with Crippen LogP contribution in [0.1, 0.15) is 61.3 Å². The Kier molecular flexibility index (Phi) is 9.01. The standard InChI is InChI=1S/C17H36N2O3/c1-8-17(7,12-20)11-19-14(9-13(2)3)10-18-15(21)22-16(4,5)6/h13-14,19-20H,8-12H2,1-7H3,(H,18,21). The van der Waals surface area contributed by atoms with Gasteiger partial charge in [0.05, 0.1) is 0 Å². The Labute approximate surface area is 136 Å². The zero-order valence-electron chi connectivity index (χ0n) is 15.5. The number of carbonyl (C=O) groups excluding carboxylic acids is 1. The van der Waals surface area contributed by atoms with Crippen LogP contribution in [0.25, 0.3) is 0 Å². The number of rotatable bonds is 9. The van der Waals surface area contributed by atoms with Gasteiger partial charge < -0.3 is 20.5 Å². The zero-order valence-corrected chi connectivity index (χ0v) is 15.5. The Morgan fingerprint density at radius 3 is 2.23 bits per heavy atom. The van der Waals surface area contributed by atoms with E-state index in [4.69, 9.17) is 4.74 Å². The van der Waals surface area contributed by atoms with E-state index < -0.39 is 5.60 Å². The van der Waals surface area contributed by atoms with Gasteiger partial charge in [0.25, 0.3) is 0 Å². The second kappa shape index (κ2) is 9.36. The fraction of sp³-hybridized carbons (Fsp3) is 0.941. The third kappa shape index (κ3) is 10.0. The second-order valence-corrected chi connectivity index (χ2v) is 7.91. The molecule has 0 spiro atoms. The van der Waals surface area contributed by atoms with Crippen molar-refractivity contribution in [1.82, 2.24) is 10.6 Å². The van der Waals surface area contributed by atoms with Crippen LogP contribution in [0.15, 0.2) is 0 Å². The molecule has 132 valence electrons. The predicted molar refractivity (Wildman–Crippen MR) is 91.0 cm³/mol. The number of hydrogen-bond acceptors (Lipinski definition) is 4. The molecule has 22 heavy (non-hydrogen) atoms. The summed E-state index contributed by atoms with van der Waals surface area (Å²) in [6.45, 7) is 15.4. The summed E-state index contributed by atoms with van der Waals surface area (Å²) in [5, 5.41) is 15.8. The van der Waals surface area contributed by atoms with E-state index in [0.29, 0.717) is 12.5 Å². The first kappa shape index (κ1) is 21.2. The topological polar surface area (TPSA) is 70.6 Å². The van der Waals surface area contributed by atoms with E-state index in [1.807, 2.05) is 20.8 Å². The van der Waals surface area contributed by atoms with Crippen molar-refractivity contribution in [1.29, 1.82) is 0 Å². The van der Waals surface area contributed by atoms with Gasteiger partial charge in [0.2, 0.25) is 0 Å². The van der Waals surface area contributed by atoms with Gasteiger partial charge in [-0.05, 0) is 39.5 Å². The van der Waals surface area contributed by atoms with Gasteiger partial charge in [0.15, 0.2) is 0 Å². The molecule has 0 aliphatic heterocycles. The number of ether oxygens (including phenoxy) is 1. The lowest BCUT2D eigenvalue weighted by Gasteiger charge is -2.30. The number of amides is 1. The summed E-state index contributed by atoms with van der Waals surface area (Å²) >= 11 is 0. The average Bonchev–Trinajstić information content (AvgIpc) is 2.39. The molecule has 5 heteroatoms. The van der Waals surface area contributed by atoms with Crippen molar-refractivity contribution in [2.24, 2.45) is 11.3 Å². The van der Waals surface area contributed by atoms with Crippen molar-refractivity contribution in [3.05, 3.63) is 0 Å². The monoisotopic (exact) mass is 316 g/mol. The maximum Gasteiger partial charge on any atom is 0.407 e. The summed E-state index contributed by atoms with van der Waals surface area (Å²) in [6, 6.07) is 0.171. The molecule has 0 radical (unpaired) electrons. The summed E-state index contributed by atoms with van der Waals surface area (Å²) in [7, 11) is 0. The van der Waals surface area contributed by atoms with Crippen LogP contribution in [0, 0.1) is 11.3 Å². The van der Waals surface area contributed by atoms with Gasteiger partial charge in [-0.2, -0.15) is 0 Å². The Bertz CT molecular complexity index is 320. The number of hydrogen-bond donors (Lipinski definition) is 3. The number of aliphatic hydroxyl groups is 1. The van der Waals surface area contributed by atoms with Gasteiger partial charge in [-0.1, -0.05) is 27.7 Å². The first-order chi connectivity index (χ1) is 10.0. The molecule has 0 rings (SSSR count). The molecule has 0 saturated carbocycles. The zero-order chi connectivity index (χ0) is 17.4. The number of carbonyl (C=O) groups is 1. The number of nitrogens with one attached hydrogen (secondary N) is 2. The minimum Gasteiger partial charge on any atom is -0.444 e. The van der Waals surface area contributed by atoms with Crippen LogP contribution in [0.4, 0.5) is 4.79 Å². The van der Waals surface area contributed by atoms with E-state index >= 15 is 0 Å². The van der Waals surface area contributed by atoms with Crippen molar-refractivity contribution in [3.8, 4) is 0 Å². The minimum atomic E-state index is -0.483. The minimum absolute atomic E-state index is 0.124. The van der Waals surface area contributed by atoms with E-state index in [2.05, 4.69) is 38.3 Å². The normalized spacial score (nSPS) is 16.2. The Morgan fingerprint density at radius 2 is 1.82 bits per heavy atom. The molecule has 0 fully saturated rings. The second-order valence-electron chi connectivity index (χ2n) is 7.91. The third-order valence-corrected chi connectivity index (χ3v) is 3.70. The first-order valence-electron chi connectivity index (χ1n) is 8.32. The van der Waals surface area contributed by atoms with Gasteiger partial charge >= 0.3 is 6.09 Å². The first-order valence-corrected chi connectivity index (χ1v) is 8.32. The third-order valence-electron chi connectivity index (χ3n) is 3.70. The molecule has 0 aromatic heterocycles. The molecule has 0 aliphatic rings. The molecule has 2 unspecified atom stereocenters. The van der Waals surface area contributed by atoms with E-state index in [-0.39, 0.29) is 24.2 Å². The number of alkyl carbamates (subject to hydrolysis) is 1. The van der Waals surface area contributed by atoms with Crippen LogP contribution < -0.4 is 10.6 Å². The van der Waals surface area contributed by atoms with Gasteiger partial charge in [-0.15, -0.1) is 0 Å². The molecule has 0 saturated heterocycles. The largest absolute Gasteiger partial charge is 0.444 e. The molecule has 0 aromatic carbocycles. The Morgan fingerprint density at radius 1 is 1.23 bits per heavy atom. The summed E-state index contributed by atoms with van der Waals surface area (Å²) in [5.74, 6) is 0.528. The van der Waals surface area contributed by atoms with Crippen LogP contribution in [0.3, 0.4) is 0 Å². The molecular formula is C17H36N2O3. The molecule has 5 nitrogen and oxygen atoms in total. The van der Waals surface area contributed by atoms with Crippen LogP contribution in [0.2, 0.25) is 0 Å². The molecule has 0 bridgehead atoms. The summed E-state index contributed by atoms with van der Waals surface area (Å²) in [5.41, 5.74) is -0.607. The lowest BCUT2D eigenvalue weighted by Crippen LogP contribution is -2.47. The van der Waals surface area contributed by atoms with Gasteiger partial charge in [-0.25, -0.2) is 4.79 Å². The average molecular weight is 316 g/mol. The summed E-state index contributed by atoms with van der Waals surface area (Å²) < 4.78 is 5.26. The Hall–Kier alpha value is -0.810. The van der Waals surface area contributed by atoms with Crippen molar-refractivity contribution in [2.45, 2.75) is 73.0 Å². The molecular weight excluding hydrogens is 280 g/mol. The van der Waals surface area contributed by atoms with Crippen molar-refractivity contribution in [2.75, 3.05) is 19.7 Å². The van der Waals surface area contributed by atoms with Crippen molar-refractivity contribution in [3.63, 3.8) is 0 Å². The molecule has 0 heterocycles. The van der Waals surface area contributed by atoms with E-state index in [1.54, 1.807) is 0 Å². The van der Waals surface area contributed by atoms with Gasteiger partial charge in [0.1, 0.15) is 5.60 Å². The van der Waals surface area contributed by atoms with E-state index in [0.717, 1.165) is 19.4 Å². The highest BCUT2D eigenvalue weighted by Gasteiger charge is 2.23. The lowest BCUT2D eigenvalue weighted by atomic mass is 9.88.